The maximum Gasteiger partial charge on any atom is 0.113 e. The molecule has 1 heterocycles. The molecule has 0 aliphatic heterocycles. The smallest absolute Gasteiger partial charge is 0.113 e. The lowest BCUT2D eigenvalue weighted by molar-refractivity contribution is 0.182. The fourth-order valence-corrected chi connectivity index (χ4v) is 4.48. The van der Waals surface area contributed by atoms with E-state index in [0.29, 0.717) is 5.54 Å². The number of hydrogen-bond donors (Lipinski definition) is 1. The van der Waals surface area contributed by atoms with Crippen molar-refractivity contribution in [3.05, 3.63) is 15.6 Å². The minimum absolute atomic E-state index is 0.295. The molecular formula is C14H20N2S. The zero-order valence-corrected chi connectivity index (χ0v) is 11.1. The summed E-state index contributed by atoms with van der Waals surface area (Å²) in [7, 11) is 0. The summed E-state index contributed by atoms with van der Waals surface area (Å²) in [5.41, 5.74) is 1.73. The molecule has 0 unspecified atom stereocenters. The molecule has 3 aliphatic rings. The van der Waals surface area contributed by atoms with Crippen LogP contribution in [0.2, 0.25) is 0 Å². The lowest BCUT2D eigenvalue weighted by Gasteiger charge is -2.41. The molecule has 0 bridgehead atoms. The third-order valence-corrected chi connectivity index (χ3v) is 5.88. The normalized spacial score (nSPS) is 26.4. The summed E-state index contributed by atoms with van der Waals surface area (Å²) in [5.74, 6) is 0. The highest BCUT2D eigenvalue weighted by Crippen LogP contribution is 2.46. The molecule has 3 aliphatic carbocycles. The molecule has 0 radical (unpaired) electrons. The van der Waals surface area contributed by atoms with Crippen LogP contribution in [0.25, 0.3) is 0 Å². The van der Waals surface area contributed by atoms with Crippen molar-refractivity contribution in [2.24, 2.45) is 0 Å². The Morgan fingerprint density at radius 1 is 1.12 bits per heavy atom. The van der Waals surface area contributed by atoms with Crippen molar-refractivity contribution in [1.29, 1.82) is 0 Å². The fourth-order valence-electron chi connectivity index (χ4n) is 3.13. The molecule has 1 aromatic rings. The summed E-state index contributed by atoms with van der Waals surface area (Å²) >= 11 is 2.01. The van der Waals surface area contributed by atoms with E-state index in [9.17, 15) is 0 Å². The molecule has 2 nitrogen and oxygen atoms in total. The molecule has 1 aromatic heterocycles. The SMILES string of the molecule is C1CCc2sc(C3(NC4CC4)CCC3)nc2C1. The van der Waals surface area contributed by atoms with Crippen molar-refractivity contribution in [3.63, 3.8) is 0 Å². The highest BCUT2D eigenvalue weighted by Gasteiger charge is 2.45. The number of thiazole rings is 1. The molecule has 0 spiro atoms. The number of nitrogens with one attached hydrogen (secondary N) is 1. The minimum Gasteiger partial charge on any atom is -0.303 e. The van der Waals surface area contributed by atoms with E-state index in [1.165, 1.54) is 68.5 Å². The van der Waals surface area contributed by atoms with Gasteiger partial charge in [0.05, 0.1) is 11.2 Å². The van der Waals surface area contributed by atoms with Crippen LogP contribution in [0, 0.1) is 0 Å². The third kappa shape index (κ3) is 1.75. The molecular weight excluding hydrogens is 228 g/mol. The van der Waals surface area contributed by atoms with Crippen LogP contribution in [-0.2, 0) is 18.4 Å². The zero-order valence-electron chi connectivity index (χ0n) is 10.3. The first-order chi connectivity index (χ1) is 8.36. The first kappa shape index (κ1) is 10.5. The van der Waals surface area contributed by atoms with Crippen molar-refractivity contribution < 1.29 is 0 Å². The van der Waals surface area contributed by atoms with Crippen molar-refractivity contribution >= 4 is 11.3 Å². The number of hydrogen-bond acceptors (Lipinski definition) is 3. The van der Waals surface area contributed by atoms with Crippen molar-refractivity contribution in [2.45, 2.75) is 69.4 Å². The topological polar surface area (TPSA) is 24.9 Å². The van der Waals surface area contributed by atoms with E-state index in [2.05, 4.69) is 5.32 Å². The van der Waals surface area contributed by atoms with Crippen LogP contribution >= 0.6 is 11.3 Å². The van der Waals surface area contributed by atoms with Gasteiger partial charge in [0.1, 0.15) is 5.01 Å². The van der Waals surface area contributed by atoms with Gasteiger partial charge in [-0.05, 0) is 57.8 Å². The van der Waals surface area contributed by atoms with Crippen LogP contribution < -0.4 is 5.32 Å². The summed E-state index contributed by atoms with van der Waals surface area (Å²) in [4.78, 5) is 6.57. The summed E-state index contributed by atoms with van der Waals surface area (Å²) in [6, 6.07) is 0.802. The average molecular weight is 248 g/mol. The molecule has 4 rings (SSSR count). The largest absolute Gasteiger partial charge is 0.303 e. The molecule has 17 heavy (non-hydrogen) atoms. The predicted molar refractivity (Wildman–Crippen MR) is 70.4 cm³/mol. The van der Waals surface area contributed by atoms with E-state index in [0.717, 1.165) is 6.04 Å². The monoisotopic (exact) mass is 248 g/mol. The lowest BCUT2D eigenvalue weighted by atomic mass is 9.77. The Balaban J connectivity index is 1.64. The summed E-state index contributed by atoms with van der Waals surface area (Å²) in [6.07, 6.45) is 12.0. The number of nitrogens with zero attached hydrogens (tertiary/aromatic N) is 1. The molecule has 0 saturated heterocycles. The summed E-state index contributed by atoms with van der Waals surface area (Å²) in [5, 5.41) is 5.30. The highest BCUT2D eigenvalue weighted by molar-refractivity contribution is 7.11. The Hall–Kier alpha value is -0.410. The number of rotatable bonds is 3. The highest BCUT2D eigenvalue weighted by atomic mass is 32.1. The molecule has 2 fully saturated rings. The van der Waals surface area contributed by atoms with Gasteiger partial charge in [-0.3, -0.25) is 0 Å². The van der Waals surface area contributed by atoms with Gasteiger partial charge in [-0.2, -0.15) is 0 Å². The Bertz CT molecular complexity index is 406. The van der Waals surface area contributed by atoms with Gasteiger partial charge in [0.25, 0.3) is 0 Å². The Morgan fingerprint density at radius 2 is 1.94 bits per heavy atom. The average Bonchev–Trinajstić information content (AvgIpc) is 3.00. The van der Waals surface area contributed by atoms with Gasteiger partial charge in [0.15, 0.2) is 0 Å². The van der Waals surface area contributed by atoms with Crippen LogP contribution in [0.4, 0.5) is 0 Å². The van der Waals surface area contributed by atoms with Gasteiger partial charge < -0.3 is 5.32 Å². The van der Waals surface area contributed by atoms with Gasteiger partial charge in [-0.1, -0.05) is 0 Å². The van der Waals surface area contributed by atoms with Gasteiger partial charge in [-0.25, -0.2) is 4.98 Å². The second-order valence-corrected chi connectivity index (χ2v) is 7.03. The summed E-state index contributed by atoms with van der Waals surface area (Å²) < 4.78 is 0. The summed E-state index contributed by atoms with van der Waals surface area (Å²) in [6.45, 7) is 0. The molecule has 0 amide bonds. The molecule has 3 heteroatoms. The van der Waals surface area contributed by atoms with Crippen molar-refractivity contribution in [1.82, 2.24) is 10.3 Å². The first-order valence-corrected chi connectivity index (χ1v) is 7.94. The van der Waals surface area contributed by atoms with Gasteiger partial charge in [0, 0.05) is 10.9 Å². The standard InChI is InChI=1S/C14H20N2S/c1-2-5-12-11(4-1)15-13(17-12)14(8-3-9-14)16-10-6-7-10/h10,16H,1-9H2. The first-order valence-electron chi connectivity index (χ1n) is 7.12. The maximum atomic E-state index is 4.98. The van der Waals surface area contributed by atoms with E-state index in [-0.39, 0.29) is 0 Å². The van der Waals surface area contributed by atoms with Gasteiger partial charge >= 0.3 is 0 Å². The Kier molecular flexibility index (Phi) is 2.34. The van der Waals surface area contributed by atoms with Crippen LogP contribution in [0.15, 0.2) is 0 Å². The molecule has 1 N–H and O–H groups in total. The van der Waals surface area contributed by atoms with E-state index in [1.807, 2.05) is 11.3 Å². The van der Waals surface area contributed by atoms with Crippen LogP contribution in [0.5, 0.6) is 0 Å². The zero-order chi connectivity index (χ0) is 11.3. The molecule has 0 atom stereocenters. The number of aryl methyl sites for hydroxylation is 2. The fraction of sp³-hybridized carbons (Fsp3) is 0.786. The quantitative estimate of drug-likeness (QED) is 0.889. The predicted octanol–water partition coefficient (Wildman–Crippen LogP) is 3.15. The minimum atomic E-state index is 0.295. The molecule has 92 valence electrons. The molecule has 0 aromatic carbocycles. The Labute approximate surface area is 107 Å². The number of fused-ring (bicyclic) bond motifs is 1. The second kappa shape index (κ2) is 3.79. The van der Waals surface area contributed by atoms with Crippen LogP contribution in [-0.4, -0.2) is 11.0 Å². The van der Waals surface area contributed by atoms with Crippen LogP contribution in [0.1, 0.15) is 60.5 Å². The number of aromatic nitrogens is 1. The van der Waals surface area contributed by atoms with E-state index < -0.39 is 0 Å². The maximum absolute atomic E-state index is 4.98. The molecule has 2 saturated carbocycles. The van der Waals surface area contributed by atoms with E-state index >= 15 is 0 Å². The van der Waals surface area contributed by atoms with E-state index in [4.69, 9.17) is 4.98 Å². The third-order valence-electron chi connectivity index (χ3n) is 4.52. The van der Waals surface area contributed by atoms with Gasteiger partial charge in [-0.15, -0.1) is 11.3 Å². The second-order valence-electron chi connectivity index (χ2n) is 5.95. The Morgan fingerprint density at radius 3 is 2.59 bits per heavy atom. The van der Waals surface area contributed by atoms with Gasteiger partial charge in [0.2, 0.25) is 0 Å². The van der Waals surface area contributed by atoms with Crippen molar-refractivity contribution in [3.8, 4) is 0 Å². The van der Waals surface area contributed by atoms with Crippen molar-refractivity contribution in [2.75, 3.05) is 0 Å². The van der Waals surface area contributed by atoms with Crippen LogP contribution in [0.3, 0.4) is 0 Å². The lowest BCUT2D eigenvalue weighted by Crippen LogP contribution is -2.49. The van der Waals surface area contributed by atoms with E-state index in [1.54, 1.807) is 4.88 Å².